The van der Waals surface area contributed by atoms with Gasteiger partial charge in [-0.1, -0.05) is 0 Å². The predicted octanol–water partition coefficient (Wildman–Crippen LogP) is -0.400. The molecule has 0 unspecified atom stereocenters. The minimum atomic E-state index is -2.64. The van der Waals surface area contributed by atoms with Gasteiger partial charge in [-0.3, -0.25) is 4.57 Å². The van der Waals surface area contributed by atoms with Crippen molar-refractivity contribution in [3.8, 4) is 0 Å². The fourth-order valence-electron chi connectivity index (χ4n) is 0. The topological polar surface area (TPSA) is 37.3 Å². The molecule has 0 saturated carbocycles. The molecule has 0 rings (SSSR count). The van der Waals surface area contributed by atoms with Crippen LogP contribution in [0.2, 0.25) is 0 Å². The van der Waals surface area contributed by atoms with Crippen LogP contribution in [0.25, 0.3) is 0 Å². The molecule has 1 N–H and O–H groups in total. The molecule has 0 aromatic carbocycles. The summed E-state index contributed by atoms with van der Waals surface area (Å²) in [6.07, 6.45) is 0. The third kappa shape index (κ3) is 84.8. The van der Waals surface area contributed by atoms with Crippen LogP contribution >= 0.6 is 7.37 Å². The van der Waals surface area contributed by atoms with Crippen molar-refractivity contribution in [2.75, 3.05) is 13.3 Å². The van der Waals surface area contributed by atoms with Crippen LogP contribution in [0.15, 0.2) is 0 Å². The van der Waals surface area contributed by atoms with Crippen molar-refractivity contribution < 1.29 is 9.46 Å². The zero-order valence-electron chi connectivity index (χ0n) is 3.30. The van der Waals surface area contributed by atoms with Crippen molar-refractivity contribution in [2.45, 2.75) is 0 Å². The zero-order chi connectivity index (χ0) is 4.50. The summed E-state index contributed by atoms with van der Waals surface area (Å²) in [6, 6.07) is 0. The van der Waals surface area contributed by atoms with Gasteiger partial charge in [0, 0.05) is 13.3 Å². The van der Waals surface area contributed by atoms with Crippen LogP contribution in [0.4, 0.5) is 0 Å². The highest BCUT2D eigenvalue weighted by Gasteiger charge is 1.92. The smallest absolute Gasteiger partial charge is 0.316 e. The third-order valence-electron chi connectivity index (χ3n) is 0. The second-order valence-electron chi connectivity index (χ2n) is 1.29. The second kappa shape index (κ2) is 3.02. The molecular weight excluding hydrogens is 111 g/mol. The van der Waals surface area contributed by atoms with Crippen molar-refractivity contribution in [3.05, 3.63) is 0 Å². The van der Waals surface area contributed by atoms with Crippen molar-refractivity contribution in [1.29, 1.82) is 0 Å². The number of hydrogen-bond donors (Lipinski definition) is 1. The largest absolute Gasteiger partial charge is 0.345 e. The fraction of sp³-hybridized carbons (Fsp3) is 1.00. The van der Waals surface area contributed by atoms with Gasteiger partial charge in [-0.2, -0.15) is 0 Å². The van der Waals surface area contributed by atoms with E-state index >= 15 is 0 Å². The molecule has 0 bridgehead atoms. The Morgan fingerprint density at radius 1 is 1.50 bits per heavy atom. The van der Waals surface area contributed by atoms with Crippen LogP contribution in [-0.2, 0) is 4.57 Å². The van der Waals surface area contributed by atoms with Gasteiger partial charge in [0.25, 0.3) is 0 Å². The van der Waals surface area contributed by atoms with Gasteiger partial charge in [-0.25, -0.2) is 0 Å². The van der Waals surface area contributed by atoms with E-state index in [9.17, 15) is 4.57 Å². The lowest BCUT2D eigenvalue weighted by atomic mass is 11.9. The SMILES string of the molecule is CP(C)(=O)O.[MgH2]. The molecule has 0 heterocycles. The molecule has 0 aliphatic carbocycles. The normalized spacial score (nSPS) is 9.83. The monoisotopic (exact) mass is 120 g/mol. The molecule has 0 fully saturated rings. The Bertz CT molecular complexity index is 57.7. The molecule has 0 aromatic rings. The molecule has 0 amide bonds. The molecule has 36 valence electrons. The van der Waals surface area contributed by atoms with Crippen LogP contribution in [-0.4, -0.2) is 41.3 Å². The van der Waals surface area contributed by atoms with E-state index in [-0.39, 0.29) is 23.1 Å². The minimum Gasteiger partial charge on any atom is -0.345 e. The van der Waals surface area contributed by atoms with E-state index < -0.39 is 7.37 Å². The maximum atomic E-state index is 9.77. The summed E-state index contributed by atoms with van der Waals surface area (Å²) >= 11 is 0. The molecule has 0 spiro atoms. The number of hydrogen-bond acceptors (Lipinski definition) is 1. The van der Waals surface area contributed by atoms with Crippen molar-refractivity contribution in [3.63, 3.8) is 0 Å². The van der Waals surface area contributed by atoms with Gasteiger partial charge in [0.2, 0.25) is 0 Å². The van der Waals surface area contributed by atoms with E-state index in [0.29, 0.717) is 0 Å². The summed E-state index contributed by atoms with van der Waals surface area (Å²) < 4.78 is 9.77. The van der Waals surface area contributed by atoms with E-state index in [2.05, 4.69) is 0 Å². The standard InChI is InChI=1S/C2H7O2P.Mg.2H/c1-5(2,3)4;;;/h1-2H3,(H,3,4);;;. The lowest BCUT2D eigenvalue weighted by Gasteiger charge is -1.86. The van der Waals surface area contributed by atoms with Gasteiger partial charge >= 0.3 is 23.1 Å². The molecule has 0 saturated heterocycles. The second-order valence-corrected chi connectivity index (χ2v) is 3.88. The van der Waals surface area contributed by atoms with E-state index in [1.54, 1.807) is 0 Å². The molecular formula is C2H9MgO2P. The lowest BCUT2D eigenvalue weighted by Crippen LogP contribution is -1.62. The molecule has 6 heavy (non-hydrogen) atoms. The molecule has 0 aromatic heterocycles. The van der Waals surface area contributed by atoms with Gasteiger partial charge in [0.1, 0.15) is 0 Å². The first-order chi connectivity index (χ1) is 2.00. The molecule has 2 nitrogen and oxygen atoms in total. The van der Waals surface area contributed by atoms with Crippen LogP contribution in [0.5, 0.6) is 0 Å². The minimum absolute atomic E-state index is 0. The highest BCUT2D eigenvalue weighted by molar-refractivity contribution is 7.56. The van der Waals surface area contributed by atoms with E-state index in [1.165, 1.54) is 13.3 Å². The first-order valence-corrected chi connectivity index (χ1v) is 3.83. The van der Waals surface area contributed by atoms with E-state index in [4.69, 9.17) is 4.89 Å². The zero-order valence-corrected chi connectivity index (χ0v) is 4.20. The third-order valence-corrected chi connectivity index (χ3v) is 0. The van der Waals surface area contributed by atoms with Crippen LogP contribution < -0.4 is 0 Å². The van der Waals surface area contributed by atoms with E-state index in [0.717, 1.165) is 0 Å². The van der Waals surface area contributed by atoms with E-state index in [1.807, 2.05) is 0 Å². The van der Waals surface area contributed by atoms with Gasteiger partial charge in [-0.05, 0) is 0 Å². The predicted molar refractivity (Wildman–Crippen MR) is 30.2 cm³/mol. The van der Waals surface area contributed by atoms with Gasteiger partial charge < -0.3 is 4.89 Å². The highest BCUT2D eigenvalue weighted by atomic mass is 31.2. The van der Waals surface area contributed by atoms with Crippen LogP contribution in [0.3, 0.4) is 0 Å². The summed E-state index contributed by atoms with van der Waals surface area (Å²) in [5, 5.41) is 0. The average Bonchev–Trinajstić information content (AvgIpc) is 0.722. The molecule has 0 atom stereocenters. The highest BCUT2D eigenvalue weighted by Crippen LogP contribution is 2.27. The first-order valence-electron chi connectivity index (χ1n) is 1.28. The van der Waals surface area contributed by atoms with Gasteiger partial charge in [0.15, 0.2) is 7.37 Å². The Balaban J connectivity index is 0. The number of rotatable bonds is 0. The van der Waals surface area contributed by atoms with Crippen LogP contribution in [0.1, 0.15) is 0 Å². The summed E-state index contributed by atoms with van der Waals surface area (Å²) in [7, 11) is -2.64. The van der Waals surface area contributed by atoms with Gasteiger partial charge in [-0.15, -0.1) is 0 Å². The Labute approximate surface area is 53.5 Å². The maximum Gasteiger partial charge on any atom is 0.316 e. The quantitative estimate of drug-likeness (QED) is 0.349. The Morgan fingerprint density at radius 3 is 1.50 bits per heavy atom. The molecule has 0 aliphatic heterocycles. The summed E-state index contributed by atoms with van der Waals surface area (Å²) in [6.45, 7) is 2.60. The Morgan fingerprint density at radius 2 is 1.50 bits per heavy atom. The fourth-order valence-corrected chi connectivity index (χ4v) is 0. The molecule has 0 aliphatic rings. The summed E-state index contributed by atoms with van der Waals surface area (Å²) in [5.41, 5.74) is 0. The Kier molecular flexibility index (Phi) is 5.06. The van der Waals surface area contributed by atoms with Crippen molar-refractivity contribution >= 4 is 30.4 Å². The maximum absolute atomic E-state index is 9.77. The first kappa shape index (κ1) is 10.0. The molecule has 4 heteroatoms. The van der Waals surface area contributed by atoms with Crippen LogP contribution in [0, 0.1) is 0 Å². The summed E-state index contributed by atoms with van der Waals surface area (Å²) in [4.78, 5) is 8.08. The van der Waals surface area contributed by atoms with Crippen molar-refractivity contribution in [2.24, 2.45) is 0 Å². The van der Waals surface area contributed by atoms with Gasteiger partial charge in [0.05, 0.1) is 0 Å². The summed E-state index contributed by atoms with van der Waals surface area (Å²) in [5.74, 6) is 0. The molecule has 0 radical (unpaired) electrons. The lowest BCUT2D eigenvalue weighted by molar-refractivity contribution is 0.492. The Hall–Kier alpha value is 0.956. The van der Waals surface area contributed by atoms with Crippen molar-refractivity contribution in [1.82, 2.24) is 0 Å². The average molecular weight is 120 g/mol.